The van der Waals surface area contributed by atoms with Gasteiger partial charge in [-0.3, -0.25) is 0 Å². The van der Waals surface area contributed by atoms with E-state index in [1.165, 1.54) is 0 Å². The quantitative estimate of drug-likeness (QED) is 0.325. The van der Waals surface area contributed by atoms with Crippen molar-refractivity contribution in [2.45, 2.75) is 0 Å². The smallest absolute Gasteiger partial charge is 0.517 e. The Bertz CT molecular complexity index is 92.3. The largest absolute Gasteiger partial charge is 1.00 e. The average molecular weight is 138 g/mol. The Morgan fingerprint density at radius 2 is 1.00 bits per heavy atom. The van der Waals surface area contributed by atoms with Crippen LogP contribution in [-0.2, 0) is 18.6 Å². The molecule has 0 N–H and O–H groups in total. The van der Waals surface area contributed by atoms with E-state index in [1.54, 1.807) is 0 Å². The van der Waals surface area contributed by atoms with Crippen LogP contribution in [0.5, 0.6) is 0 Å². The van der Waals surface area contributed by atoms with E-state index in [4.69, 9.17) is 18.6 Å². The number of rotatable bonds is 0. The van der Waals surface area contributed by atoms with Crippen LogP contribution in [0.3, 0.4) is 0 Å². The fourth-order valence-corrected chi connectivity index (χ4v) is 1.06. The third-order valence-corrected chi connectivity index (χ3v) is 1.45. The Morgan fingerprint density at radius 1 is 0.700 bits per heavy atom. The van der Waals surface area contributed by atoms with Gasteiger partial charge >= 0.3 is 25.8 Å². The van der Waals surface area contributed by atoms with Gasteiger partial charge in [-0.1, -0.05) is 0 Å². The Kier molecular flexibility index (Phi) is 2.81. The second kappa shape index (κ2) is 3.27. The van der Waals surface area contributed by atoms with E-state index < -0.39 is 6.96 Å². The van der Waals surface area contributed by atoms with Crippen molar-refractivity contribution in [2.75, 3.05) is 26.4 Å². The van der Waals surface area contributed by atoms with E-state index in [2.05, 4.69) is 0 Å². The molecule has 52 valence electrons. The minimum atomic E-state index is -1.72. The summed E-state index contributed by atoms with van der Waals surface area (Å²) in [5, 5.41) is 0. The summed E-state index contributed by atoms with van der Waals surface area (Å²) >= 11 is 0. The van der Waals surface area contributed by atoms with E-state index in [0.29, 0.717) is 26.4 Å². The Labute approximate surface area is 71.4 Å². The molecule has 2 aliphatic heterocycles. The van der Waals surface area contributed by atoms with Crippen LogP contribution < -0.4 is 18.9 Å². The molecule has 2 fully saturated rings. The minimum Gasteiger partial charge on any atom is -0.517 e. The molecule has 0 unspecified atom stereocenters. The molecule has 0 bridgehead atoms. The first kappa shape index (κ1) is 8.60. The molecule has 6 heteroatoms. The Hall–Kier alpha value is 0.502. The van der Waals surface area contributed by atoms with Gasteiger partial charge in [0.2, 0.25) is 0 Å². The zero-order valence-corrected chi connectivity index (χ0v) is 6.04. The predicted molar refractivity (Wildman–Crippen MR) is 29.6 cm³/mol. The third-order valence-electron chi connectivity index (χ3n) is 1.45. The molecule has 10 heavy (non-hydrogen) atoms. The van der Waals surface area contributed by atoms with Crippen molar-refractivity contribution >= 4 is 6.96 Å². The third kappa shape index (κ3) is 1.40. The fourth-order valence-electron chi connectivity index (χ4n) is 1.06. The molecule has 2 saturated heterocycles. The normalized spacial score (nSPS) is 28.8. The maximum atomic E-state index is 5.10. The van der Waals surface area contributed by atoms with Gasteiger partial charge in [-0.05, 0) is 0 Å². The van der Waals surface area contributed by atoms with Crippen LogP contribution in [0.1, 0.15) is 0 Å². The van der Waals surface area contributed by atoms with E-state index >= 15 is 0 Å². The fraction of sp³-hybridized carbons (Fsp3) is 1.00. The summed E-state index contributed by atoms with van der Waals surface area (Å²) in [6.45, 7) is 0.611. The summed E-state index contributed by atoms with van der Waals surface area (Å²) in [6.07, 6.45) is 0. The van der Waals surface area contributed by atoms with Gasteiger partial charge in [-0.15, -0.1) is 0 Å². The predicted octanol–water partition coefficient (Wildman–Crippen LogP) is -3.48. The Balaban J connectivity index is 0.000000500. The van der Waals surface area contributed by atoms with Crippen LogP contribution in [0, 0.1) is 0 Å². The van der Waals surface area contributed by atoms with E-state index in [9.17, 15) is 0 Å². The van der Waals surface area contributed by atoms with Crippen molar-refractivity contribution in [1.82, 2.24) is 0 Å². The van der Waals surface area contributed by atoms with E-state index in [0.717, 1.165) is 0 Å². The summed E-state index contributed by atoms with van der Waals surface area (Å²) < 4.78 is 20.4. The molecule has 0 saturated carbocycles. The summed E-state index contributed by atoms with van der Waals surface area (Å²) in [7, 11) is 0. The van der Waals surface area contributed by atoms with Crippen LogP contribution in [0.2, 0.25) is 0 Å². The van der Waals surface area contributed by atoms with Gasteiger partial charge in [-0.2, -0.15) is 0 Å². The van der Waals surface area contributed by atoms with Crippen LogP contribution in [0.25, 0.3) is 0 Å². The maximum Gasteiger partial charge on any atom is 1.00 e. The van der Waals surface area contributed by atoms with Crippen LogP contribution in [0.15, 0.2) is 0 Å². The molecule has 1 spiro atoms. The maximum absolute atomic E-state index is 5.10. The van der Waals surface area contributed by atoms with E-state index in [1.807, 2.05) is 0 Å². The van der Waals surface area contributed by atoms with Gasteiger partial charge in [-0.25, -0.2) is 0 Å². The molecule has 4 nitrogen and oxygen atoms in total. The number of hydrogen-bond acceptors (Lipinski definition) is 4. The van der Waals surface area contributed by atoms with Gasteiger partial charge < -0.3 is 18.6 Å². The monoisotopic (exact) mass is 138 g/mol. The summed E-state index contributed by atoms with van der Waals surface area (Å²) in [5.41, 5.74) is 0. The summed E-state index contributed by atoms with van der Waals surface area (Å²) in [5.74, 6) is 0. The van der Waals surface area contributed by atoms with Crippen LogP contribution >= 0.6 is 0 Å². The summed E-state index contributed by atoms with van der Waals surface area (Å²) in [4.78, 5) is 0. The second-order valence-electron chi connectivity index (χ2n) is 2.06. The zero-order chi connectivity index (χ0) is 6.16. The second-order valence-corrected chi connectivity index (χ2v) is 2.06. The van der Waals surface area contributed by atoms with Crippen molar-refractivity contribution in [2.24, 2.45) is 0 Å². The van der Waals surface area contributed by atoms with Gasteiger partial charge in [0, 0.05) is 26.4 Å². The Morgan fingerprint density at radius 3 is 1.30 bits per heavy atom. The first-order valence-corrected chi connectivity index (χ1v) is 3.10. The first-order valence-electron chi connectivity index (χ1n) is 3.10. The van der Waals surface area contributed by atoms with Crippen molar-refractivity contribution < 1.29 is 37.5 Å². The molecule has 2 heterocycles. The van der Waals surface area contributed by atoms with Gasteiger partial charge in [0.05, 0.1) is 0 Å². The molecule has 0 atom stereocenters. The van der Waals surface area contributed by atoms with Crippen LogP contribution in [-0.4, -0.2) is 33.4 Å². The van der Waals surface area contributed by atoms with Gasteiger partial charge in [0.15, 0.2) is 0 Å². The molecule has 0 amide bonds. The van der Waals surface area contributed by atoms with Gasteiger partial charge in [0.25, 0.3) is 0 Å². The summed E-state index contributed by atoms with van der Waals surface area (Å²) in [6, 6.07) is 0. The topological polar surface area (TPSA) is 36.9 Å². The average Bonchev–Trinajstić information content (AvgIpc) is 2.45. The molecular formula is C4H8BLiO4. The number of hydrogen-bond donors (Lipinski definition) is 0. The van der Waals surface area contributed by atoms with Crippen molar-refractivity contribution in [3.63, 3.8) is 0 Å². The molecule has 0 aromatic rings. The van der Waals surface area contributed by atoms with Crippen molar-refractivity contribution in [1.29, 1.82) is 0 Å². The molecule has 0 aliphatic carbocycles. The van der Waals surface area contributed by atoms with Crippen molar-refractivity contribution in [3.05, 3.63) is 0 Å². The van der Waals surface area contributed by atoms with Gasteiger partial charge in [0.1, 0.15) is 0 Å². The minimum absolute atomic E-state index is 0. The van der Waals surface area contributed by atoms with Crippen molar-refractivity contribution in [3.8, 4) is 0 Å². The standard InChI is InChI=1S/C4H8BO4.Li/c1-2-7-5(6-1)8-3-4-9-5;/h1-4H2;/q-1;+1. The van der Waals surface area contributed by atoms with Crippen LogP contribution in [0.4, 0.5) is 0 Å². The molecular weight excluding hydrogens is 130 g/mol. The first-order chi connectivity index (χ1) is 4.41. The molecule has 0 aromatic heterocycles. The molecule has 0 radical (unpaired) electrons. The molecule has 2 rings (SSSR count). The van der Waals surface area contributed by atoms with E-state index in [-0.39, 0.29) is 18.9 Å². The molecule has 2 aliphatic rings. The zero-order valence-electron chi connectivity index (χ0n) is 6.04. The molecule has 0 aromatic carbocycles. The SMILES string of the molecule is C1CO[B-]2(O1)OCCO2.[Li+].